The lowest BCUT2D eigenvalue weighted by Gasteiger charge is -2.08. The van der Waals surface area contributed by atoms with E-state index in [1.165, 1.54) is 25.4 Å². The number of hydrogen-bond donors (Lipinski definition) is 1. The highest BCUT2D eigenvalue weighted by Gasteiger charge is 2.16. The molecule has 0 atom stereocenters. The monoisotopic (exact) mass is 292 g/mol. The van der Waals surface area contributed by atoms with Crippen molar-refractivity contribution >= 4 is 11.5 Å². The van der Waals surface area contributed by atoms with Crippen molar-refractivity contribution in [2.45, 2.75) is 13.5 Å². The molecule has 1 heterocycles. The summed E-state index contributed by atoms with van der Waals surface area (Å²) < 4.78 is 19.0. The van der Waals surface area contributed by atoms with Crippen molar-refractivity contribution in [1.82, 2.24) is 9.97 Å². The highest BCUT2D eigenvalue weighted by molar-refractivity contribution is 5.45. The van der Waals surface area contributed by atoms with Crippen LogP contribution in [-0.4, -0.2) is 21.9 Å². The third kappa shape index (κ3) is 3.41. The Bertz CT molecular complexity index is 661. The third-order valence-corrected chi connectivity index (χ3v) is 2.78. The van der Waals surface area contributed by atoms with Crippen molar-refractivity contribution in [3.63, 3.8) is 0 Å². The molecule has 2 rings (SSSR count). The third-order valence-electron chi connectivity index (χ3n) is 2.78. The number of benzene rings is 1. The van der Waals surface area contributed by atoms with E-state index in [2.05, 4.69) is 15.3 Å². The van der Waals surface area contributed by atoms with Gasteiger partial charge in [0.15, 0.2) is 11.6 Å². The maximum Gasteiger partial charge on any atom is 0.275 e. The maximum absolute atomic E-state index is 13.7. The van der Waals surface area contributed by atoms with Gasteiger partial charge in [0.1, 0.15) is 12.4 Å². The summed E-state index contributed by atoms with van der Waals surface area (Å²) in [5.74, 6) is -0.235. The fourth-order valence-corrected chi connectivity index (χ4v) is 1.66. The molecule has 7 nitrogen and oxygen atoms in total. The molecule has 0 aliphatic carbocycles. The summed E-state index contributed by atoms with van der Waals surface area (Å²) >= 11 is 0. The highest BCUT2D eigenvalue weighted by Crippen LogP contribution is 2.27. The number of nitro benzene ring substituents is 1. The Labute approximate surface area is 120 Å². The lowest BCUT2D eigenvalue weighted by molar-refractivity contribution is -0.385. The molecule has 0 spiro atoms. The second kappa shape index (κ2) is 6.12. The predicted octanol–water partition coefficient (Wildman–Crippen LogP) is 2.45. The fraction of sp³-hybridized carbons (Fsp3) is 0.231. The van der Waals surface area contributed by atoms with E-state index >= 15 is 0 Å². The van der Waals surface area contributed by atoms with E-state index in [9.17, 15) is 14.5 Å². The van der Waals surface area contributed by atoms with Gasteiger partial charge in [0.2, 0.25) is 0 Å². The molecule has 0 aliphatic heterocycles. The lowest BCUT2D eigenvalue weighted by Crippen LogP contribution is -2.03. The van der Waals surface area contributed by atoms with Gasteiger partial charge in [-0.15, -0.1) is 0 Å². The van der Waals surface area contributed by atoms with E-state index < -0.39 is 10.7 Å². The number of nitrogens with zero attached hydrogens (tertiary/aromatic N) is 3. The Kier molecular flexibility index (Phi) is 4.27. The summed E-state index contributed by atoms with van der Waals surface area (Å²) in [6.07, 6.45) is 3.03. The molecule has 1 aromatic heterocycles. The van der Waals surface area contributed by atoms with Crippen LogP contribution in [0.2, 0.25) is 0 Å². The first-order valence-corrected chi connectivity index (χ1v) is 6.07. The minimum Gasteiger partial charge on any atom is -0.484 e. The van der Waals surface area contributed by atoms with Crippen molar-refractivity contribution in [2.75, 3.05) is 12.4 Å². The van der Waals surface area contributed by atoms with E-state index in [0.29, 0.717) is 17.1 Å². The van der Waals surface area contributed by atoms with Crippen molar-refractivity contribution < 1.29 is 14.1 Å². The fourth-order valence-electron chi connectivity index (χ4n) is 1.66. The second-order valence-electron chi connectivity index (χ2n) is 4.26. The molecule has 1 N–H and O–H groups in total. The molecule has 1 aromatic carbocycles. The van der Waals surface area contributed by atoms with Gasteiger partial charge >= 0.3 is 0 Å². The average molecular weight is 292 g/mol. The molecule has 8 heteroatoms. The summed E-state index contributed by atoms with van der Waals surface area (Å²) in [6.45, 7) is 1.54. The zero-order valence-corrected chi connectivity index (χ0v) is 11.5. The van der Waals surface area contributed by atoms with Gasteiger partial charge in [-0.3, -0.25) is 15.1 Å². The van der Waals surface area contributed by atoms with Crippen LogP contribution in [0.15, 0.2) is 24.5 Å². The van der Waals surface area contributed by atoms with Gasteiger partial charge in [0, 0.05) is 12.6 Å². The molecular formula is C13H13FN4O3. The van der Waals surface area contributed by atoms with Crippen LogP contribution in [0.4, 0.5) is 15.9 Å². The minimum absolute atomic E-state index is 0.0190. The normalized spacial score (nSPS) is 10.2. The van der Waals surface area contributed by atoms with Crippen molar-refractivity contribution in [1.29, 1.82) is 0 Å². The van der Waals surface area contributed by atoms with Gasteiger partial charge in [-0.05, 0) is 13.0 Å². The molecule has 0 saturated carbocycles. The number of aryl methyl sites for hydroxylation is 1. The molecule has 0 aliphatic rings. The van der Waals surface area contributed by atoms with Crippen molar-refractivity contribution in [3.8, 4) is 5.75 Å². The first-order valence-electron chi connectivity index (χ1n) is 6.07. The van der Waals surface area contributed by atoms with Gasteiger partial charge in [-0.1, -0.05) is 0 Å². The largest absolute Gasteiger partial charge is 0.484 e. The molecule has 2 aromatic rings. The lowest BCUT2D eigenvalue weighted by atomic mass is 10.2. The standard InChI is InChI=1S/C13H13FN4O3/c1-8-3-12(10(14)4-11(8)18(19)20)21-7-9-5-17-13(15-2)6-16-9/h3-6H,7H2,1-2H3,(H,15,17). The Morgan fingerprint density at radius 3 is 2.71 bits per heavy atom. The molecule has 0 bridgehead atoms. The number of hydrogen-bond acceptors (Lipinski definition) is 6. The number of anilines is 1. The van der Waals surface area contributed by atoms with Crippen molar-refractivity contribution in [3.05, 3.63) is 51.7 Å². The number of ether oxygens (including phenoxy) is 1. The summed E-state index contributed by atoms with van der Waals surface area (Å²) in [7, 11) is 1.72. The zero-order chi connectivity index (χ0) is 15.4. The molecule has 0 fully saturated rings. The SMILES string of the molecule is CNc1cnc(COc2cc(C)c([N+](=O)[O-])cc2F)cn1. The number of halogens is 1. The van der Waals surface area contributed by atoms with Crippen LogP contribution in [0.3, 0.4) is 0 Å². The van der Waals surface area contributed by atoms with Crippen LogP contribution < -0.4 is 10.1 Å². The van der Waals surface area contributed by atoms with Crippen LogP contribution >= 0.6 is 0 Å². The molecule has 110 valence electrons. The second-order valence-corrected chi connectivity index (χ2v) is 4.26. The smallest absolute Gasteiger partial charge is 0.275 e. The maximum atomic E-state index is 13.7. The van der Waals surface area contributed by atoms with Crippen LogP contribution in [0.25, 0.3) is 0 Å². The van der Waals surface area contributed by atoms with Gasteiger partial charge < -0.3 is 10.1 Å². The van der Waals surface area contributed by atoms with E-state index in [4.69, 9.17) is 4.74 Å². The highest BCUT2D eigenvalue weighted by atomic mass is 19.1. The van der Waals surface area contributed by atoms with E-state index in [1.54, 1.807) is 7.05 Å². The van der Waals surface area contributed by atoms with Crippen molar-refractivity contribution in [2.24, 2.45) is 0 Å². The molecular weight excluding hydrogens is 279 g/mol. The summed E-state index contributed by atoms with van der Waals surface area (Å²) in [4.78, 5) is 18.2. The Hall–Kier alpha value is -2.77. The van der Waals surface area contributed by atoms with Gasteiger partial charge in [-0.25, -0.2) is 9.37 Å². The number of aromatic nitrogens is 2. The minimum atomic E-state index is -0.785. The average Bonchev–Trinajstić information content (AvgIpc) is 2.48. The Morgan fingerprint density at radius 1 is 1.38 bits per heavy atom. The first-order chi connectivity index (χ1) is 10.0. The summed E-state index contributed by atoms with van der Waals surface area (Å²) in [5.41, 5.74) is 0.565. The van der Waals surface area contributed by atoms with Crippen LogP contribution in [-0.2, 0) is 6.61 Å². The van der Waals surface area contributed by atoms with E-state index in [1.807, 2.05) is 0 Å². The first kappa shape index (κ1) is 14.6. The number of nitrogens with one attached hydrogen (secondary N) is 1. The van der Waals surface area contributed by atoms with Gasteiger partial charge in [0.25, 0.3) is 5.69 Å². The number of nitro groups is 1. The topological polar surface area (TPSA) is 90.2 Å². The predicted molar refractivity (Wildman–Crippen MR) is 73.7 cm³/mol. The van der Waals surface area contributed by atoms with E-state index in [-0.39, 0.29) is 18.0 Å². The zero-order valence-electron chi connectivity index (χ0n) is 11.5. The molecule has 0 amide bonds. The van der Waals surface area contributed by atoms with Gasteiger partial charge in [-0.2, -0.15) is 0 Å². The molecule has 0 unspecified atom stereocenters. The quantitative estimate of drug-likeness (QED) is 0.672. The summed E-state index contributed by atoms with van der Waals surface area (Å²) in [6, 6.07) is 2.14. The van der Waals surface area contributed by atoms with Crippen LogP contribution in [0.5, 0.6) is 5.75 Å². The number of rotatable bonds is 5. The summed E-state index contributed by atoms with van der Waals surface area (Å²) in [5, 5.41) is 13.5. The van der Waals surface area contributed by atoms with Crippen LogP contribution in [0.1, 0.15) is 11.3 Å². The molecule has 21 heavy (non-hydrogen) atoms. The van der Waals surface area contributed by atoms with Gasteiger partial charge in [0.05, 0.1) is 29.1 Å². The Balaban J connectivity index is 2.12. The molecule has 0 radical (unpaired) electrons. The van der Waals surface area contributed by atoms with Crippen LogP contribution in [0, 0.1) is 22.9 Å². The molecule has 0 saturated heterocycles. The van der Waals surface area contributed by atoms with E-state index in [0.717, 1.165) is 6.07 Å². The Morgan fingerprint density at radius 2 is 2.14 bits per heavy atom.